The van der Waals surface area contributed by atoms with Crippen molar-refractivity contribution < 1.29 is 18.0 Å². The predicted molar refractivity (Wildman–Crippen MR) is 106 cm³/mol. The Kier molecular flexibility index (Phi) is 5.88. The van der Waals surface area contributed by atoms with Gasteiger partial charge in [0, 0.05) is 24.8 Å². The second-order valence-corrected chi connectivity index (χ2v) is 6.67. The van der Waals surface area contributed by atoms with Gasteiger partial charge in [0.05, 0.1) is 36.2 Å². The second kappa shape index (κ2) is 8.92. The van der Waals surface area contributed by atoms with Gasteiger partial charge in [0.2, 0.25) is 0 Å². The van der Waals surface area contributed by atoms with E-state index in [0.717, 1.165) is 6.20 Å². The molecule has 0 bridgehead atoms. The quantitative estimate of drug-likeness (QED) is 0.458. The molecule has 11 heteroatoms. The number of hydrogen-bond acceptors (Lipinski definition) is 6. The molecule has 0 atom stereocenters. The average Bonchev–Trinajstić information content (AvgIpc) is 3.26. The fraction of sp³-hybridized carbons (Fsp3) is 0.143. The molecule has 0 aliphatic rings. The van der Waals surface area contributed by atoms with E-state index in [-0.39, 0.29) is 19.0 Å². The summed E-state index contributed by atoms with van der Waals surface area (Å²) in [6.07, 6.45) is 1.68. The highest BCUT2D eigenvalue weighted by atomic mass is 19.4. The molecule has 0 spiro atoms. The summed E-state index contributed by atoms with van der Waals surface area (Å²) in [5, 5.41) is 3.76. The Bertz CT molecular complexity index is 1140. The van der Waals surface area contributed by atoms with Gasteiger partial charge in [-0.25, -0.2) is 9.97 Å². The van der Waals surface area contributed by atoms with Gasteiger partial charge >= 0.3 is 6.18 Å². The third kappa shape index (κ3) is 4.61. The molecule has 0 saturated carbocycles. The first-order valence-electron chi connectivity index (χ1n) is 9.45. The number of pyridine rings is 2. The number of carbonyl (C=O) groups excluding carboxylic acids is 1. The molecule has 0 fully saturated rings. The van der Waals surface area contributed by atoms with Crippen molar-refractivity contribution >= 4 is 5.91 Å². The van der Waals surface area contributed by atoms with Crippen molar-refractivity contribution in [1.29, 1.82) is 0 Å². The highest BCUT2D eigenvalue weighted by molar-refractivity contribution is 5.95. The van der Waals surface area contributed by atoms with Gasteiger partial charge in [0.25, 0.3) is 11.9 Å². The van der Waals surface area contributed by atoms with Crippen LogP contribution in [0.3, 0.4) is 0 Å². The Morgan fingerprint density at radius 3 is 1.91 bits per heavy atom. The lowest BCUT2D eigenvalue weighted by Crippen LogP contribution is -2.32. The maximum Gasteiger partial charge on any atom is 0.434 e. The van der Waals surface area contributed by atoms with E-state index in [1.807, 2.05) is 0 Å². The molecule has 0 N–H and O–H groups in total. The predicted octanol–water partition coefficient (Wildman–Crippen LogP) is 3.31. The van der Waals surface area contributed by atoms with E-state index in [4.69, 9.17) is 0 Å². The summed E-state index contributed by atoms with van der Waals surface area (Å²) in [5.41, 5.74) is -0.828. The minimum atomic E-state index is -4.87. The summed E-state index contributed by atoms with van der Waals surface area (Å²) >= 11 is 0. The average molecular weight is 439 g/mol. The highest BCUT2D eigenvalue weighted by Gasteiger charge is 2.42. The van der Waals surface area contributed by atoms with Crippen LogP contribution in [-0.2, 0) is 19.3 Å². The number of carbonyl (C=O) groups is 1. The first-order chi connectivity index (χ1) is 15.4. The van der Waals surface area contributed by atoms with Crippen LogP contribution in [0.15, 0.2) is 73.4 Å². The van der Waals surface area contributed by atoms with E-state index in [2.05, 4.69) is 25.0 Å². The molecular weight excluding hydrogens is 423 g/mol. The van der Waals surface area contributed by atoms with Crippen molar-refractivity contribution in [3.05, 3.63) is 96.1 Å². The van der Waals surface area contributed by atoms with Crippen LogP contribution in [0.1, 0.15) is 27.4 Å². The van der Waals surface area contributed by atoms with Crippen molar-refractivity contribution in [2.24, 2.45) is 0 Å². The number of halogens is 3. The van der Waals surface area contributed by atoms with Crippen LogP contribution in [0.25, 0.3) is 5.95 Å². The van der Waals surface area contributed by atoms with Crippen LogP contribution in [0, 0.1) is 0 Å². The third-order valence-electron chi connectivity index (χ3n) is 4.45. The maximum absolute atomic E-state index is 14.0. The monoisotopic (exact) mass is 439 g/mol. The van der Waals surface area contributed by atoms with Gasteiger partial charge in [0.15, 0.2) is 5.69 Å². The molecular formula is C21H16F3N7O. The Morgan fingerprint density at radius 1 is 0.844 bits per heavy atom. The highest BCUT2D eigenvalue weighted by Crippen LogP contribution is 2.34. The van der Waals surface area contributed by atoms with Gasteiger partial charge < -0.3 is 4.90 Å². The fourth-order valence-corrected chi connectivity index (χ4v) is 3.07. The summed E-state index contributed by atoms with van der Waals surface area (Å²) < 4.78 is 42.5. The molecule has 8 nitrogen and oxygen atoms in total. The lowest BCUT2D eigenvalue weighted by atomic mass is 10.2. The topological polar surface area (TPSA) is 89.7 Å². The van der Waals surface area contributed by atoms with E-state index in [9.17, 15) is 18.0 Å². The maximum atomic E-state index is 14.0. The van der Waals surface area contributed by atoms with Crippen LogP contribution < -0.4 is 0 Å². The van der Waals surface area contributed by atoms with Crippen molar-refractivity contribution in [1.82, 2.24) is 34.6 Å². The molecule has 32 heavy (non-hydrogen) atoms. The largest absolute Gasteiger partial charge is 0.434 e. The zero-order chi connectivity index (χ0) is 22.6. The van der Waals surface area contributed by atoms with Crippen molar-refractivity contribution in [3.63, 3.8) is 0 Å². The summed E-state index contributed by atoms with van der Waals surface area (Å²) in [7, 11) is 0. The normalized spacial score (nSPS) is 11.3. The van der Waals surface area contributed by atoms with Crippen molar-refractivity contribution in [3.8, 4) is 5.95 Å². The molecule has 4 heterocycles. The number of amides is 1. The summed E-state index contributed by atoms with van der Waals surface area (Å²) in [5.74, 6) is -1.16. The molecule has 4 aromatic heterocycles. The van der Waals surface area contributed by atoms with Gasteiger partial charge in [-0.05, 0) is 30.3 Å². The fourth-order valence-electron chi connectivity index (χ4n) is 3.07. The van der Waals surface area contributed by atoms with E-state index < -0.39 is 23.3 Å². The Balaban J connectivity index is 1.75. The standard InChI is InChI=1S/C21H16F3N7O/c22-21(23,24)18-17(12-29-31(18)20-27-10-5-11-28-20)19(32)30(13-15-6-1-3-8-25-15)14-16-7-2-4-9-26-16/h1-12H,13-14H2. The lowest BCUT2D eigenvalue weighted by molar-refractivity contribution is -0.143. The summed E-state index contributed by atoms with van der Waals surface area (Å²) in [6.45, 7) is -0.0267. The smallest absolute Gasteiger partial charge is 0.327 e. The van der Waals surface area contributed by atoms with E-state index in [0.29, 0.717) is 16.1 Å². The molecule has 1 amide bonds. The van der Waals surface area contributed by atoms with E-state index in [1.54, 1.807) is 48.8 Å². The number of rotatable bonds is 6. The molecule has 0 aliphatic carbocycles. The molecule has 4 rings (SSSR count). The van der Waals surface area contributed by atoms with Gasteiger partial charge in [-0.2, -0.15) is 23.0 Å². The van der Waals surface area contributed by atoms with Crippen LogP contribution in [0.5, 0.6) is 0 Å². The molecule has 0 saturated heterocycles. The van der Waals surface area contributed by atoms with Crippen LogP contribution in [0.2, 0.25) is 0 Å². The Labute approximate surface area is 180 Å². The minimum absolute atomic E-state index is 0.0133. The number of aromatic nitrogens is 6. The van der Waals surface area contributed by atoms with Gasteiger partial charge in [-0.1, -0.05) is 12.1 Å². The SMILES string of the molecule is O=C(c1cnn(-c2ncccn2)c1C(F)(F)F)N(Cc1ccccn1)Cc1ccccn1. The summed E-state index contributed by atoms with van der Waals surface area (Å²) in [4.78, 5) is 30.6. The van der Waals surface area contributed by atoms with E-state index in [1.165, 1.54) is 23.4 Å². The molecule has 0 unspecified atom stereocenters. The molecule has 0 aliphatic heterocycles. The van der Waals surface area contributed by atoms with E-state index >= 15 is 0 Å². The van der Waals surface area contributed by atoms with Crippen LogP contribution >= 0.6 is 0 Å². The van der Waals surface area contributed by atoms with Gasteiger partial charge in [-0.15, -0.1) is 0 Å². The van der Waals surface area contributed by atoms with Crippen molar-refractivity contribution in [2.45, 2.75) is 19.3 Å². The number of hydrogen-bond donors (Lipinski definition) is 0. The number of nitrogens with zero attached hydrogens (tertiary/aromatic N) is 7. The van der Waals surface area contributed by atoms with Gasteiger partial charge in [0.1, 0.15) is 0 Å². The molecule has 0 aromatic carbocycles. The van der Waals surface area contributed by atoms with Crippen LogP contribution in [-0.4, -0.2) is 40.5 Å². The second-order valence-electron chi connectivity index (χ2n) is 6.67. The summed E-state index contributed by atoms with van der Waals surface area (Å²) in [6, 6.07) is 11.7. The van der Waals surface area contributed by atoms with Crippen LogP contribution in [0.4, 0.5) is 13.2 Å². The first kappa shape index (κ1) is 21.1. The Morgan fingerprint density at radius 2 is 1.41 bits per heavy atom. The lowest BCUT2D eigenvalue weighted by Gasteiger charge is -2.22. The van der Waals surface area contributed by atoms with Gasteiger partial charge in [-0.3, -0.25) is 14.8 Å². The zero-order valence-corrected chi connectivity index (χ0v) is 16.5. The van der Waals surface area contributed by atoms with Crippen molar-refractivity contribution in [2.75, 3.05) is 0 Å². The molecule has 0 radical (unpaired) electrons. The number of alkyl halides is 3. The molecule has 4 aromatic rings. The minimum Gasteiger partial charge on any atom is -0.327 e. The third-order valence-corrected chi connectivity index (χ3v) is 4.45. The first-order valence-corrected chi connectivity index (χ1v) is 9.45. The molecule has 162 valence electrons. The Hall–Kier alpha value is -4.15. The zero-order valence-electron chi connectivity index (χ0n) is 16.5.